The normalized spacial score (nSPS) is 14.1. The van der Waals surface area contributed by atoms with Crippen molar-refractivity contribution in [1.29, 1.82) is 0 Å². The summed E-state index contributed by atoms with van der Waals surface area (Å²) in [5.74, 6) is -0.00301. The van der Waals surface area contributed by atoms with Crippen molar-refractivity contribution in [2.75, 3.05) is 23.3 Å². The van der Waals surface area contributed by atoms with Crippen LogP contribution in [0.5, 0.6) is 0 Å². The quantitative estimate of drug-likeness (QED) is 0.859. The number of rotatable bonds is 1. The van der Waals surface area contributed by atoms with E-state index >= 15 is 0 Å². The Morgan fingerprint density at radius 2 is 2.05 bits per heavy atom. The van der Waals surface area contributed by atoms with Crippen molar-refractivity contribution < 1.29 is 4.79 Å². The molecule has 2 aromatic carbocycles. The van der Waals surface area contributed by atoms with Crippen molar-refractivity contribution in [3.8, 4) is 0 Å². The van der Waals surface area contributed by atoms with Crippen molar-refractivity contribution in [1.82, 2.24) is 0 Å². The minimum absolute atomic E-state index is 0.00301. The first-order valence-electron chi connectivity index (χ1n) is 7.07. The fourth-order valence-corrected chi connectivity index (χ4v) is 2.96. The SMILES string of the molecule is Cc1cc(Cl)cc(C(=O)N2CCCNc3ccccc32)c1. The van der Waals surface area contributed by atoms with Gasteiger partial charge in [0, 0.05) is 23.7 Å². The van der Waals surface area contributed by atoms with E-state index in [2.05, 4.69) is 5.32 Å². The molecule has 0 saturated heterocycles. The second-order valence-electron chi connectivity index (χ2n) is 5.27. The molecule has 0 saturated carbocycles. The van der Waals surface area contributed by atoms with Gasteiger partial charge in [-0.1, -0.05) is 23.7 Å². The number of hydrogen-bond donors (Lipinski definition) is 1. The van der Waals surface area contributed by atoms with Gasteiger partial charge in [0.05, 0.1) is 11.4 Å². The van der Waals surface area contributed by atoms with Crippen molar-refractivity contribution in [2.24, 2.45) is 0 Å². The van der Waals surface area contributed by atoms with Crippen LogP contribution in [0.3, 0.4) is 0 Å². The van der Waals surface area contributed by atoms with Gasteiger partial charge >= 0.3 is 0 Å². The van der Waals surface area contributed by atoms with Gasteiger partial charge in [-0.2, -0.15) is 0 Å². The molecule has 1 N–H and O–H groups in total. The number of aryl methyl sites for hydroxylation is 1. The molecule has 4 heteroatoms. The van der Waals surface area contributed by atoms with Gasteiger partial charge in [-0.3, -0.25) is 4.79 Å². The molecule has 1 aliphatic rings. The van der Waals surface area contributed by atoms with Crippen LogP contribution in [0.25, 0.3) is 0 Å². The minimum Gasteiger partial charge on any atom is -0.383 e. The Bertz CT molecular complexity index is 664. The highest BCUT2D eigenvalue weighted by Gasteiger charge is 2.22. The van der Waals surface area contributed by atoms with Crippen LogP contribution in [0.4, 0.5) is 11.4 Å². The standard InChI is InChI=1S/C17H17ClN2O/c1-12-9-13(11-14(18)10-12)17(21)20-8-4-7-19-15-5-2-3-6-16(15)20/h2-3,5-6,9-11,19H,4,7-8H2,1H3. The Labute approximate surface area is 129 Å². The van der Waals surface area contributed by atoms with E-state index < -0.39 is 0 Å². The molecule has 21 heavy (non-hydrogen) atoms. The van der Waals surface area contributed by atoms with Crippen molar-refractivity contribution in [3.05, 3.63) is 58.6 Å². The maximum absolute atomic E-state index is 12.9. The molecule has 1 heterocycles. The number of halogens is 1. The predicted octanol–water partition coefficient (Wildman–Crippen LogP) is 4.11. The van der Waals surface area contributed by atoms with Crippen LogP contribution in [0, 0.1) is 6.92 Å². The van der Waals surface area contributed by atoms with Crippen LogP contribution in [0.2, 0.25) is 5.02 Å². The van der Waals surface area contributed by atoms with E-state index in [1.54, 1.807) is 6.07 Å². The lowest BCUT2D eigenvalue weighted by molar-refractivity contribution is 0.0987. The number of nitrogens with one attached hydrogen (secondary N) is 1. The van der Waals surface area contributed by atoms with Gasteiger partial charge in [-0.25, -0.2) is 0 Å². The van der Waals surface area contributed by atoms with E-state index in [0.29, 0.717) is 17.1 Å². The minimum atomic E-state index is -0.00301. The van der Waals surface area contributed by atoms with E-state index in [1.807, 2.05) is 48.2 Å². The van der Waals surface area contributed by atoms with Crippen LogP contribution < -0.4 is 10.2 Å². The van der Waals surface area contributed by atoms with E-state index in [0.717, 1.165) is 29.9 Å². The number of para-hydroxylation sites is 2. The van der Waals surface area contributed by atoms with Gasteiger partial charge in [0.15, 0.2) is 0 Å². The first-order valence-corrected chi connectivity index (χ1v) is 7.45. The molecule has 0 unspecified atom stereocenters. The van der Waals surface area contributed by atoms with Crippen LogP contribution in [0.15, 0.2) is 42.5 Å². The first-order chi connectivity index (χ1) is 10.1. The lowest BCUT2D eigenvalue weighted by Gasteiger charge is -2.22. The average molecular weight is 301 g/mol. The Morgan fingerprint density at radius 1 is 1.24 bits per heavy atom. The van der Waals surface area contributed by atoms with Gasteiger partial charge in [0.25, 0.3) is 5.91 Å². The molecule has 2 aromatic rings. The zero-order valence-corrected chi connectivity index (χ0v) is 12.7. The molecule has 3 rings (SSSR count). The molecule has 108 valence electrons. The van der Waals surface area contributed by atoms with E-state index in [4.69, 9.17) is 11.6 Å². The summed E-state index contributed by atoms with van der Waals surface area (Å²) in [6.45, 7) is 3.52. The zero-order chi connectivity index (χ0) is 14.8. The van der Waals surface area contributed by atoms with Crippen LogP contribution >= 0.6 is 11.6 Å². The molecule has 0 aliphatic carbocycles. The van der Waals surface area contributed by atoms with Gasteiger partial charge < -0.3 is 10.2 Å². The number of carbonyl (C=O) groups is 1. The number of benzene rings is 2. The molecule has 3 nitrogen and oxygen atoms in total. The number of amides is 1. The second kappa shape index (κ2) is 5.78. The molecule has 0 atom stereocenters. The number of nitrogens with zero attached hydrogens (tertiary/aromatic N) is 1. The average Bonchev–Trinajstić information content (AvgIpc) is 2.68. The lowest BCUT2D eigenvalue weighted by Crippen LogP contribution is -2.31. The third-order valence-corrected chi connectivity index (χ3v) is 3.82. The highest BCUT2D eigenvalue weighted by molar-refractivity contribution is 6.31. The Kier molecular flexibility index (Phi) is 3.84. The monoisotopic (exact) mass is 300 g/mol. The summed E-state index contributed by atoms with van der Waals surface area (Å²) in [5.41, 5.74) is 3.56. The Morgan fingerprint density at radius 3 is 2.86 bits per heavy atom. The zero-order valence-electron chi connectivity index (χ0n) is 11.9. The Hall–Kier alpha value is -2.00. The fourth-order valence-electron chi connectivity index (χ4n) is 2.67. The second-order valence-corrected chi connectivity index (χ2v) is 5.71. The highest BCUT2D eigenvalue weighted by atomic mass is 35.5. The summed E-state index contributed by atoms with van der Waals surface area (Å²) < 4.78 is 0. The van der Waals surface area contributed by atoms with Gasteiger partial charge in [0.1, 0.15) is 0 Å². The molecule has 0 aromatic heterocycles. The summed E-state index contributed by atoms with van der Waals surface area (Å²) in [7, 11) is 0. The molecule has 0 fully saturated rings. The number of carbonyl (C=O) groups excluding carboxylic acids is 1. The van der Waals surface area contributed by atoms with E-state index in [1.165, 1.54) is 0 Å². The first kappa shape index (κ1) is 14.0. The van der Waals surface area contributed by atoms with Crippen molar-refractivity contribution >= 4 is 28.9 Å². The number of anilines is 2. The topological polar surface area (TPSA) is 32.3 Å². The molecule has 0 spiro atoms. The number of hydrogen-bond acceptors (Lipinski definition) is 2. The lowest BCUT2D eigenvalue weighted by atomic mass is 10.1. The molecule has 1 aliphatic heterocycles. The molecular formula is C17H17ClN2O. The molecular weight excluding hydrogens is 284 g/mol. The summed E-state index contributed by atoms with van der Waals surface area (Å²) in [4.78, 5) is 14.7. The smallest absolute Gasteiger partial charge is 0.258 e. The van der Waals surface area contributed by atoms with Crippen molar-refractivity contribution in [3.63, 3.8) is 0 Å². The summed E-state index contributed by atoms with van der Waals surface area (Å²) in [6, 6.07) is 13.4. The Balaban J connectivity index is 2.01. The molecule has 0 bridgehead atoms. The van der Waals surface area contributed by atoms with Gasteiger partial charge in [-0.05, 0) is 49.2 Å². The highest BCUT2D eigenvalue weighted by Crippen LogP contribution is 2.29. The van der Waals surface area contributed by atoms with E-state index in [9.17, 15) is 4.79 Å². The van der Waals surface area contributed by atoms with Crippen LogP contribution in [-0.4, -0.2) is 19.0 Å². The fraction of sp³-hybridized carbons (Fsp3) is 0.235. The third-order valence-electron chi connectivity index (χ3n) is 3.60. The third kappa shape index (κ3) is 2.88. The van der Waals surface area contributed by atoms with Gasteiger partial charge in [-0.15, -0.1) is 0 Å². The molecule has 0 radical (unpaired) electrons. The predicted molar refractivity (Wildman–Crippen MR) is 87.4 cm³/mol. The summed E-state index contributed by atoms with van der Waals surface area (Å²) in [5, 5.41) is 3.96. The number of fused-ring (bicyclic) bond motifs is 1. The van der Waals surface area contributed by atoms with Gasteiger partial charge in [0.2, 0.25) is 0 Å². The maximum Gasteiger partial charge on any atom is 0.258 e. The van der Waals surface area contributed by atoms with E-state index in [-0.39, 0.29) is 5.91 Å². The van der Waals surface area contributed by atoms with Crippen LogP contribution in [-0.2, 0) is 0 Å². The largest absolute Gasteiger partial charge is 0.383 e. The summed E-state index contributed by atoms with van der Waals surface area (Å²) >= 11 is 6.08. The summed E-state index contributed by atoms with van der Waals surface area (Å²) in [6.07, 6.45) is 0.917. The maximum atomic E-state index is 12.9. The molecule has 1 amide bonds. The van der Waals surface area contributed by atoms with Crippen molar-refractivity contribution in [2.45, 2.75) is 13.3 Å². The van der Waals surface area contributed by atoms with Crippen LogP contribution in [0.1, 0.15) is 22.3 Å².